The van der Waals surface area contributed by atoms with Crippen molar-refractivity contribution < 1.29 is 4.79 Å². The molecule has 1 fully saturated rings. The third kappa shape index (κ3) is 3.81. The molecular weight excluding hydrogens is 424 g/mol. The van der Waals surface area contributed by atoms with Gasteiger partial charge in [-0.05, 0) is 55.5 Å². The van der Waals surface area contributed by atoms with Crippen molar-refractivity contribution in [2.75, 3.05) is 19.6 Å². The lowest BCUT2D eigenvalue weighted by atomic mass is 9.82. The van der Waals surface area contributed by atoms with E-state index in [2.05, 4.69) is 44.2 Å². The van der Waals surface area contributed by atoms with Crippen LogP contribution in [0.1, 0.15) is 30.5 Å². The molecule has 0 saturated carbocycles. The van der Waals surface area contributed by atoms with Gasteiger partial charge in [-0.1, -0.05) is 24.3 Å². The molecule has 1 saturated heterocycles. The summed E-state index contributed by atoms with van der Waals surface area (Å²) in [6.07, 6.45) is 9.43. The molecule has 5 heterocycles. The number of rotatable bonds is 5. The topological polar surface area (TPSA) is 75.9 Å². The van der Waals surface area contributed by atoms with Crippen molar-refractivity contribution in [3.63, 3.8) is 0 Å². The molecule has 1 N–H and O–H groups in total. The number of para-hydroxylation sites is 1. The first-order chi connectivity index (χ1) is 16.7. The largest absolute Gasteiger partial charge is 0.338 e. The number of amides is 2. The Bertz CT molecular complexity index is 1330. The fourth-order valence-corrected chi connectivity index (χ4v) is 5.42. The molecular formula is C27H28N6O. The molecule has 34 heavy (non-hydrogen) atoms. The summed E-state index contributed by atoms with van der Waals surface area (Å²) in [5, 5.41) is 9.13. The van der Waals surface area contributed by atoms with E-state index >= 15 is 0 Å². The Hall–Kier alpha value is -3.74. The Morgan fingerprint density at radius 2 is 1.97 bits per heavy atom. The number of carbonyl (C=O) groups is 1. The molecule has 7 nitrogen and oxygen atoms in total. The maximum absolute atomic E-state index is 12.8. The summed E-state index contributed by atoms with van der Waals surface area (Å²) in [5.41, 5.74) is 5.45. The second kappa shape index (κ2) is 8.56. The molecule has 2 aliphatic heterocycles. The molecule has 0 bridgehead atoms. The lowest BCUT2D eigenvalue weighted by Gasteiger charge is -2.23. The van der Waals surface area contributed by atoms with Gasteiger partial charge in [-0.15, -0.1) is 0 Å². The highest BCUT2D eigenvalue weighted by atomic mass is 16.2. The van der Waals surface area contributed by atoms with Crippen LogP contribution in [0.25, 0.3) is 22.2 Å². The number of nitrogens with zero attached hydrogens (tertiary/aromatic N) is 5. The second-order valence-electron chi connectivity index (χ2n) is 9.45. The maximum atomic E-state index is 12.8. The maximum Gasteiger partial charge on any atom is 0.317 e. The predicted octanol–water partition coefficient (Wildman–Crippen LogP) is 4.18. The van der Waals surface area contributed by atoms with Gasteiger partial charge >= 0.3 is 6.03 Å². The smallest absolute Gasteiger partial charge is 0.317 e. The Morgan fingerprint density at radius 1 is 1.06 bits per heavy atom. The quantitative estimate of drug-likeness (QED) is 0.461. The van der Waals surface area contributed by atoms with Crippen LogP contribution in [0.5, 0.6) is 0 Å². The predicted molar refractivity (Wildman–Crippen MR) is 131 cm³/mol. The normalized spacial score (nSPS) is 19.1. The zero-order chi connectivity index (χ0) is 23.0. The molecule has 0 radical (unpaired) electrons. The first kappa shape index (κ1) is 20.8. The van der Waals surface area contributed by atoms with E-state index in [1.165, 1.54) is 11.3 Å². The van der Waals surface area contributed by atoms with Crippen LogP contribution in [0.4, 0.5) is 4.79 Å². The lowest BCUT2D eigenvalue weighted by Crippen LogP contribution is -2.40. The zero-order valence-corrected chi connectivity index (χ0v) is 19.2. The van der Waals surface area contributed by atoms with E-state index in [4.69, 9.17) is 5.10 Å². The summed E-state index contributed by atoms with van der Waals surface area (Å²) in [6.45, 7) is 3.11. The molecule has 1 spiro atoms. The van der Waals surface area contributed by atoms with Crippen molar-refractivity contribution >= 4 is 16.9 Å². The molecule has 172 valence electrons. The molecule has 2 aliphatic rings. The van der Waals surface area contributed by atoms with Gasteiger partial charge in [-0.2, -0.15) is 5.10 Å². The van der Waals surface area contributed by atoms with E-state index in [0.717, 1.165) is 67.5 Å². The van der Waals surface area contributed by atoms with Gasteiger partial charge in [0.05, 0.1) is 11.2 Å². The van der Waals surface area contributed by atoms with Crippen molar-refractivity contribution in [1.82, 2.24) is 30.0 Å². The average molecular weight is 453 g/mol. The number of aryl methyl sites for hydroxylation is 2. The third-order valence-corrected chi connectivity index (χ3v) is 7.29. The van der Waals surface area contributed by atoms with Crippen LogP contribution in [-0.4, -0.2) is 50.3 Å². The number of likely N-dealkylation sites (tertiary alicyclic amines) is 1. The number of aromatic nitrogens is 4. The molecule has 6 rings (SSSR count). The molecule has 0 aliphatic carbocycles. The van der Waals surface area contributed by atoms with Crippen LogP contribution in [0, 0.1) is 0 Å². The van der Waals surface area contributed by atoms with Crippen LogP contribution in [0.15, 0.2) is 67.1 Å². The molecule has 4 aromatic rings. The molecule has 3 aromatic heterocycles. The summed E-state index contributed by atoms with van der Waals surface area (Å²) in [5.74, 6) is 0. The van der Waals surface area contributed by atoms with E-state index in [1.54, 1.807) is 6.20 Å². The number of fused-ring (bicyclic) bond motifs is 3. The van der Waals surface area contributed by atoms with Crippen molar-refractivity contribution in [2.45, 2.75) is 37.6 Å². The fourth-order valence-electron chi connectivity index (χ4n) is 5.42. The summed E-state index contributed by atoms with van der Waals surface area (Å²) in [4.78, 5) is 23.6. The summed E-state index contributed by atoms with van der Waals surface area (Å²) in [7, 11) is 0. The Balaban J connectivity index is 1.11. The average Bonchev–Trinajstić information content (AvgIpc) is 3.59. The lowest BCUT2D eigenvalue weighted by molar-refractivity contribution is 0.205. The van der Waals surface area contributed by atoms with Crippen molar-refractivity contribution in [3.8, 4) is 11.3 Å². The zero-order valence-electron chi connectivity index (χ0n) is 19.2. The molecule has 1 atom stereocenters. The highest BCUT2D eigenvalue weighted by molar-refractivity contribution is 5.82. The standard InChI is InChI=1S/C27H28N6O/c34-26(29-12-4-6-20-5-3-11-28-17-20)32-13-9-27(19-32)10-14-33-25(27)16-24(31-33)22-15-21-7-1-2-8-23(21)30-18-22/h1-3,5,7-8,11,15-18H,4,6,9-10,12-14,19H2,(H,29,34). The van der Waals surface area contributed by atoms with E-state index in [0.29, 0.717) is 6.54 Å². The minimum Gasteiger partial charge on any atom is -0.338 e. The van der Waals surface area contributed by atoms with E-state index in [-0.39, 0.29) is 11.4 Å². The van der Waals surface area contributed by atoms with Crippen LogP contribution in [-0.2, 0) is 18.4 Å². The number of pyridine rings is 2. The Kier molecular flexibility index (Phi) is 5.24. The molecule has 7 heteroatoms. The van der Waals surface area contributed by atoms with E-state index in [1.807, 2.05) is 41.6 Å². The number of hydrogen-bond donors (Lipinski definition) is 1. The number of benzene rings is 1. The highest BCUT2D eigenvalue weighted by Gasteiger charge is 2.46. The van der Waals surface area contributed by atoms with Gasteiger partial charge < -0.3 is 10.2 Å². The van der Waals surface area contributed by atoms with Gasteiger partial charge in [0.15, 0.2) is 0 Å². The van der Waals surface area contributed by atoms with Gasteiger partial charge in [0, 0.05) is 66.8 Å². The number of hydrogen-bond acceptors (Lipinski definition) is 4. The van der Waals surface area contributed by atoms with Crippen LogP contribution in [0.3, 0.4) is 0 Å². The molecule has 2 amide bonds. The van der Waals surface area contributed by atoms with Crippen LogP contribution < -0.4 is 5.32 Å². The number of urea groups is 1. The Morgan fingerprint density at radius 3 is 2.88 bits per heavy atom. The van der Waals surface area contributed by atoms with Gasteiger partial charge in [0.2, 0.25) is 0 Å². The summed E-state index contributed by atoms with van der Waals surface area (Å²) >= 11 is 0. The van der Waals surface area contributed by atoms with Crippen LogP contribution in [0.2, 0.25) is 0 Å². The fraction of sp³-hybridized carbons (Fsp3) is 0.333. The number of carbonyl (C=O) groups excluding carboxylic acids is 1. The second-order valence-corrected chi connectivity index (χ2v) is 9.45. The van der Waals surface area contributed by atoms with Gasteiger partial charge in [0.1, 0.15) is 0 Å². The van der Waals surface area contributed by atoms with E-state index in [9.17, 15) is 4.79 Å². The SMILES string of the molecule is O=C(NCCCc1cccnc1)N1CCC2(CCn3nc(-c4cnc5ccccc5c4)cc32)C1. The Labute approximate surface area is 198 Å². The third-order valence-electron chi connectivity index (χ3n) is 7.29. The van der Waals surface area contributed by atoms with Crippen molar-refractivity contribution in [1.29, 1.82) is 0 Å². The van der Waals surface area contributed by atoms with Gasteiger partial charge in [0.25, 0.3) is 0 Å². The number of nitrogens with one attached hydrogen (secondary N) is 1. The minimum atomic E-state index is 0.00255. The molecule has 1 unspecified atom stereocenters. The summed E-state index contributed by atoms with van der Waals surface area (Å²) < 4.78 is 2.14. The first-order valence-electron chi connectivity index (χ1n) is 12.1. The highest BCUT2D eigenvalue weighted by Crippen LogP contribution is 2.43. The van der Waals surface area contributed by atoms with E-state index < -0.39 is 0 Å². The molecule has 1 aromatic carbocycles. The van der Waals surface area contributed by atoms with Crippen molar-refractivity contribution in [2.24, 2.45) is 0 Å². The van der Waals surface area contributed by atoms with Gasteiger partial charge in [-0.3, -0.25) is 14.6 Å². The van der Waals surface area contributed by atoms with Crippen LogP contribution >= 0.6 is 0 Å². The van der Waals surface area contributed by atoms with Crippen molar-refractivity contribution in [3.05, 3.63) is 78.4 Å². The first-order valence-corrected chi connectivity index (χ1v) is 12.1. The van der Waals surface area contributed by atoms with Gasteiger partial charge in [-0.25, -0.2) is 4.79 Å². The summed E-state index contributed by atoms with van der Waals surface area (Å²) in [6, 6.07) is 16.6. The minimum absolute atomic E-state index is 0.00255. The monoisotopic (exact) mass is 452 g/mol.